The summed E-state index contributed by atoms with van der Waals surface area (Å²) in [6, 6.07) is 12.6. The van der Waals surface area contributed by atoms with Gasteiger partial charge in [0, 0.05) is 37.6 Å². The number of nitrogens with zero attached hydrogens (tertiary/aromatic N) is 2. The number of piperazine rings is 1. The first-order chi connectivity index (χ1) is 14.4. The van der Waals surface area contributed by atoms with Crippen molar-refractivity contribution in [3.05, 3.63) is 51.7 Å². The predicted octanol–water partition coefficient (Wildman–Crippen LogP) is 3.27. The molecule has 1 aliphatic heterocycles. The molecule has 2 amide bonds. The highest BCUT2D eigenvalue weighted by atomic mass is 35.5. The van der Waals surface area contributed by atoms with E-state index in [0.717, 1.165) is 24.0 Å². The SMILES string of the molecule is CC(C)[C@H](NC(=O)COc1ccccc1)C(=O)N1CCN(Cc2ccc(Cl)s2)CC1. The van der Waals surface area contributed by atoms with Crippen LogP contribution in [0.4, 0.5) is 0 Å². The van der Waals surface area contributed by atoms with E-state index in [9.17, 15) is 9.59 Å². The number of rotatable bonds is 8. The van der Waals surface area contributed by atoms with Crippen molar-refractivity contribution in [2.45, 2.75) is 26.4 Å². The fourth-order valence-corrected chi connectivity index (χ4v) is 4.50. The molecule has 1 saturated heterocycles. The maximum atomic E-state index is 13.1. The molecule has 30 heavy (non-hydrogen) atoms. The lowest BCUT2D eigenvalue weighted by Gasteiger charge is -2.37. The third-order valence-corrected chi connectivity index (χ3v) is 6.27. The Morgan fingerprint density at radius 3 is 2.40 bits per heavy atom. The average molecular weight is 450 g/mol. The normalized spacial score (nSPS) is 15.8. The lowest BCUT2D eigenvalue weighted by molar-refractivity contribution is -0.139. The number of thiophene rings is 1. The molecular weight excluding hydrogens is 422 g/mol. The van der Waals surface area contributed by atoms with E-state index in [1.165, 1.54) is 4.88 Å². The Kier molecular flexibility index (Phi) is 8.13. The Morgan fingerprint density at radius 2 is 1.80 bits per heavy atom. The molecule has 1 aliphatic rings. The molecule has 8 heteroatoms. The van der Waals surface area contributed by atoms with Gasteiger partial charge in [-0.3, -0.25) is 14.5 Å². The number of carbonyl (C=O) groups is 2. The Morgan fingerprint density at radius 1 is 1.10 bits per heavy atom. The monoisotopic (exact) mass is 449 g/mol. The number of hydrogen-bond donors (Lipinski definition) is 1. The maximum absolute atomic E-state index is 13.1. The van der Waals surface area contributed by atoms with E-state index >= 15 is 0 Å². The van der Waals surface area contributed by atoms with E-state index in [4.69, 9.17) is 16.3 Å². The molecule has 0 spiro atoms. The molecule has 0 aliphatic carbocycles. The second-order valence-electron chi connectivity index (χ2n) is 7.70. The zero-order chi connectivity index (χ0) is 21.5. The molecule has 1 atom stereocenters. The number of nitrogens with one attached hydrogen (secondary N) is 1. The van der Waals surface area contributed by atoms with E-state index in [1.807, 2.05) is 49.1 Å². The first-order valence-electron chi connectivity index (χ1n) is 10.1. The van der Waals surface area contributed by atoms with Crippen molar-refractivity contribution in [3.8, 4) is 5.75 Å². The molecule has 0 saturated carbocycles. The van der Waals surface area contributed by atoms with Crippen LogP contribution in [0.25, 0.3) is 0 Å². The first kappa shape index (κ1) is 22.6. The number of hydrogen-bond acceptors (Lipinski definition) is 5. The molecule has 0 unspecified atom stereocenters. The van der Waals surface area contributed by atoms with Crippen LogP contribution in [0, 0.1) is 5.92 Å². The maximum Gasteiger partial charge on any atom is 0.258 e. The van der Waals surface area contributed by atoms with Gasteiger partial charge in [0.25, 0.3) is 5.91 Å². The lowest BCUT2D eigenvalue weighted by Crippen LogP contribution is -2.56. The van der Waals surface area contributed by atoms with E-state index < -0.39 is 6.04 Å². The van der Waals surface area contributed by atoms with E-state index in [2.05, 4.69) is 10.2 Å². The van der Waals surface area contributed by atoms with Crippen LogP contribution in [0.3, 0.4) is 0 Å². The topological polar surface area (TPSA) is 61.9 Å². The smallest absolute Gasteiger partial charge is 0.258 e. The molecule has 162 valence electrons. The Bertz CT molecular complexity index is 835. The third-order valence-electron chi connectivity index (χ3n) is 5.05. The summed E-state index contributed by atoms with van der Waals surface area (Å²) in [5.41, 5.74) is 0. The number of halogens is 1. The van der Waals surface area contributed by atoms with Gasteiger partial charge in [0.2, 0.25) is 5.91 Å². The number of benzene rings is 1. The van der Waals surface area contributed by atoms with Crippen molar-refractivity contribution in [3.63, 3.8) is 0 Å². The van der Waals surface area contributed by atoms with Crippen LogP contribution in [0.15, 0.2) is 42.5 Å². The van der Waals surface area contributed by atoms with Crippen molar-refractivity contribution < 1.29 is 14.3 Å². The minimum absolute atomic E-state index is 0.00975. The van der Waals surface area contributed by atoms with Crippen LogP contribution >= 0.6 is 22.9 Å². The second kappa shape index (κ2) is 10.8. The molecule has 6 nitrogen and oxygen atoms in total. The fraction of sp³-hybridized carbons (Fsp3) is 0.455. The van der Waals surface area contributed by atoms with Crippen molar-refractivity contribution >= 4 is 34.8 Å². The minimum atomic E-state index is -0.556. The highest BCUT2D eigenvalue weighted by Crippen LogP contribution is 2.23. The average Bonchev–Trinajstić information content (AvgIpc) is 3.15. The Labute approximate surface area is 186 Å². The van der Waals surface area contributed by atoms with Gasteiger partial charge < -0.3 is 15.0 Å². The summed E-state index contributed by atoms with van der Waals surface area (Å²) in [6.45, 7) is 7.52. The van der Waals surface area contributed by atoms with Gasteiger partial charge in [0.1, 0.15) is 11.8 Å². The Hall–Kier alpha value is -2.09. The first-order valence-corrected chi connectivity index (χ1v) is 11.3. The zero-order valence-corrected chi connectivity index (χ0v) is 18.9. The van der Waals surface area contributed by atoms with Crippen molar-refractivity contribution in [2.75, 3.05) is 32.8 Å². The van der Waals surface area contributed by atoms with Gasteiger partial charge in [-0.2, -0.15) is 0 Å². The summed E-state index contributed by atoms with van der Waals surface area (Å²) in [6.07, 6.45) is 0. The molecule has 3 rings (SSSR count). The van der Waals surface area contributed by atoms with E-state index in [1.54, 1.807) is 23.5 Å². The molecular formula is C22H28ClN3O3S. The standard InChI is InChI=1S/C22H28ClN3O3S/c1-16(2)21(24-20(27)15-29-17-6-4-3-5-7-17)22(28)26-12-10-25(11-13-26)14-18-8-9-19(23)30-18/h3-9,16,21H,10-15H2,1-2H3,(H,24,27)/t21-/m0/s1. The fourth-order valence-electron chi connectivity index (χ4n) is 3.37. The lowest BCUT2D eigenvalue weighted by atomic mass is 10.0. The number of ether oxygens (including phenoxy) is 1. The summed E-state index contributed by atoms with van der Waals surface area (Å²) in [4.78, 5) is 30.8. The number of amides is 2. The Balaban J connectivity index is 1.48. The van der Waals surface area contributed by atoms with Crippen molar-refractivity contribution in [2.24, 2.45) is 5.92 Å². The molecule has 2 aromatic rings. The summed E-state index contributed by atoms with van der Waals surface area (Å²) >= 11 is 7.60. The summed E-state index contributed by atoms with van der Waals surface area (Å²) < 4.78 is 6.29. The van der Waals surface area contributed by atoms with Gasteiger partial charge in [-0.05, 0) is 30.2 Å². The van der Waals surface area contributed by atoms with E-state index in [-0.39, 0.29) is 24.3 Å². The molecule has 1 fully saturated rings. The van der Waals surface area contributed by atoms with Crippen LogP contribution in [0.2, 0.25) is 4.34 Å². The molecule has 1 N–H and O–H groups in total. The number of para-hydroxylation sites is 1. The molecule has 2 heterocycles. The number of carbonyl (C=O) groups excluding carboxylic acids is 2. The second-order valence-corrected chi connectivity index (χ2v) is 9.50. The van der Waals surface area contributed by atoms with Crippen LogP contribution in [-0.2, 0) is 16.1 Å². The van der Waals surface area contributed by atoms with Gasteiger partial charge in [-0.1, -0.05) is 43.6 Å². The zero-order valence-electron chi connectivity index (χ0n) is 17.3. The van der Waals surface area contributed by atoms with Crippen LogP contribution in [0.1, 0.15) is 18.7 Å². The van der Waals surface area contributed by atoms with Gasteiger partial charge in [-0.15, -0.1) is 11.3 Å². The molecule has 1 aromatic heterocycles. The predicted molar refractivity (Wildman–Crippen MR) is 120 cm³/mol. The van der Waals surface area contributed by atoms with Crippen LogP contribution < -0.4 is 10.1 Å². The molecule has 1 aromatic carbocycles. The minimum Gasteiger partial charge on any atom is -0.484 e. The quantitative estimate of drug-likeness (QED) is 0.671. The molecule has 0 radical (unpaired) electrons. The van der Waals surface area contributed by atoms with Gasteiger partial charge in [0.15, 0.2) is 6.61 Å². The van der Waals surface area contributed by atoms with Crippen molar-refractivity contribution in [1.82, 2.24) is 15.1 Å². The summed E-state index contributed by atoms with van der Waals surface area (Å²) in [5, 5.41) is 2.86. The van der Waals surface area contributed by atoms with Crippen LogP contribution in [0.5, 0.6) is 5.75 Å². The summed E-state index contributed by atoms with van der Waals surface area (Å²) in [5.74, 6) is 0.295. The highest BCUT2D eigenvalue weighted by molar-refractivity contribution is 7.16. The largest absolute Gasteiger partial charge is 0.484 e. The highest BCUT2D eigenvalue weighted by Gasteiger charge is 2.30. The third kappa shape index (κ3) is 6.45. The van der Waals surface area contributed by atoms with Gasteiger partial charge in [-0.25, -0.2) is 0 Å². The van der Waals surface area contributed by atoms with Crippen LogP contribution in [-0.4, -0.2) is 60.4 Å². The summed E-state index contributed by atoms with van der Waals surface area (Å²) in [7, 11) is 0. The van der Waals surface area contributed by atoms with E-state index in [0.29, 0.717) is 18.8 Å². The van der Waals surface area contributed by atoms with Gasteiger partial charge >= 0.3 is 0 Å². The van der Waals surface area contributed by atoms with Crippen molar-refractivity contribution in [1.29, 1.82) is 0 Å². The molecule has 0 bridgehead atoms. The van der Waals surface area contributed by atoms with Gasteiger partial charge in [0.05, 0.1) is 4.34 Å².